The van der Waals surface area contributed by atoms with Crippen molar-refractivity contribution in [2.24, 2.45) is 0 Å². The molecular formula is C18H20N6O4. The van der Waals surface area contributed by atoms with Crippen molar-refractivity contribution in [3.05, 3.63) is 48.0 Å². The van der Waals surface area contributed by atoms with E-state index in [0.717, 1.165) is 11.1 Å². The highest BCUT2D eigenvalue weighted by atomic mass is 16.7. The van der Waals surface area contributed by atoms with Crippen LogP contribution >= 0.6 is 0 Å². The van der Waals surface area contributed by atoms with Crippen molar-refractivity contribution in [1.29, 1.82) is 0 Å². The number of carbonyl (C=O) groups is 1. The molecule has 2 aromatic heterocycles. The quantitative estimate of drug-likeness (QED) is 0.477. The van der Waals surface area contributed by atoms with Crippen LogP contribution in [0.25, 0.3) is 11.2 Å². The largest absolute Gasteiger partial charge is 0.382 e. The molecule has 0 saturated carbocycles. The second-order valence-electron chi connectivity index (χ2n) is 6.61. The van der Waals surface area contributed by atoms with E-state index >= 15 is 0 Å². The molecule has 1 saturated heterocycles. The van der Waals surface area contributed by atoms with Gasteiger partial charge < -0.3 is 25.6 Å². The number of amides is 1. The van der Waals surface area contributed by atoms with Gasteiger partial charge in [-0.25, -0.2) is 15.0 Å². The van der Waals surface area contributed by atoms with E-state index in [0.29, 0.717) is 17.9 Å². The normalized spacial score (nSPS) is 24.0. The third-order valence-electron chi connectivity index (χ3n) is 4.70. The molecule has 3 heterocycles. The van der Waals surface area contributed by atoms with Crippen molar-refractivity contribution in [3.63, 3.8) is 0 Å². The van der Waals surface area contributed by atoms with E-state index in [2.05, 4.69) is 31.7 Å². The smallest absolute Gasteiger partial charge is 0.287 e. The zero-order chi connectivity index (χ0) is 19.9. The Labute approximate surface area is 160 Å². The van der Waals surface area contributed by atoms with Crippen molar-refractivity contribution < 1.29 is 19.7 Å². The number of aryl methyl sites for hydroxylation is 1. The Balaban J connectivity index is 1.60. The topological polar surface area (TPSA) is 134 Å². The second kappa shape index (κ2) is 6.82. The fourth-order valence-electron chi connectivity index (χ4n) is 3.19. The van der Waals surface area contributed by atoms with Crippen LogP contribution in [0, 0.1) is 6.92 Å². The molecule has 1 aromatic carbocycles. The van der Waals surface area contributed by atoms with Gasteiger partial charge in [-0.1, -0.05) is 29.8 Å². The van der Waals surface area contributed by atoms with E-state index in [9.17, 15) is 15.0 Å². The van der Waals surface area contributed by atoms with Crippen LogP contribution < -0.4 is 10.6 Å². The lowest BCUT2D eigenvalue weighted by Crippen LogP contribution is -2.69. The molecule has 10 nitrogen and oxygen atoms in total. The molecule has 0 radical (unpaired) electrons. The number of aromatic nitrogens is 4. The van der Waals surface area contributed by atoms with Gasteiger partial charge in [0.05, 0.1) is 0 Å². The van der Waals surface area contributed by atoms with Gasteiger partial charge in [0.25, 0.3) is 11.8 Å². The van der Waals surface area contributed by atoms with Crippen LogP contribution in [-0.2, 0) is 22.0 Å². The molecule has 10 heteroatoms. The standard InChI is InChI=1S/C18H20N6O4/c1-10-4-3-5-11(6-10)7-20-15-12-16(22-8-21-15)24(9-23-12)18(27)14(25)13(28-18)17(26)19-2/h3-6,8-9,13-14,25,27H,7H2,1-2H3,(H,19,26)(H,20,21,22). The predicted molar refractivity (Wildman–Crippen MR) is 99.0 cm³/mol. The maximum Gasteiger partial charge on any atom is 0.287 e. The van der Waals surface area contributed by atoms with Crippen molar-refractivity contribution >= 4 is 22.9 Å². The van der Waals surface area contributed by atoms with Crippen LogP contribution in [0.5, 0.6) is 0 Å². The monoisotopic (exact) mass is 384 g/mol. The van der Waals surface area contributed by atoms with E-state index in [4.69, 9.17) is 4.74 Å². The summed E-state index contributed by atoms with van der Waals surface area (Å²) < 4.78 is 6.45. The van der Waals surface area contributed by atoms with E-state index in [1.54, 1.807) is 0 Å². The van der Waals surface area contributed by atoms with Gasteiger partial charge in [-0.3, -0.25) is 9.36 Å². The first-order valence-electron chi connectivity index (χ1n) is 8.72. The van der Waals surface area contributed by atoms with Crippen LogP contribution in [0.4, 0.5) is 5.82 Å². The average molecular weight is 384 g/mol. The highest BCUT2D eigenvalue weighted by Gasteiger charge is 2.59. The first kappa shape index (κ1) is 18.3. The number of nitrogens with zero attached hydrogens (tertiary/aromatic N) is 4. The molecule has 1 fully saturated rings. The van der Waals surface area contributed by atoms with Crippen LogP contribution in [0.3, 0.4) is 0 Å². The lowest BCUT2D eigenvalue weighted by Gasteiger charge is -2.47. The number of aliphatic hydroxyl groups is 2. The molecule has 28 heavy (non-hydrogen) atoms. The molecule has 146 valence electrons. The van der Waals surface area contributed by atoms with E-state index in [1.807, 2.05) is 25.1 Å². The summed E-state index contributed by atoms with van der Waals surface area (Å²) in [6.45, 7) is 2.55. The summed E-state index contributed by atoms with van der Waals surface area (Å²) in [5.41, 5.74) is 2.90. The lowest BCUT2D eigenvalue weighted by molar-refractivity contribution is -0.418. The van der Waals surface area contributed by atoms with Gasteiger partial charge in [0, 0.05) is 13.6 Å². The number of likely N-dealkylation sites (N-methyl/N-ethyl adjacent to an activating group) is 1. The number of hydrogen-bond donors (Lipinski definition) is 4. The SMILES string of the molecule is CNC(=O)C1OC(O)(n2cnc3c(NCc4cccc(C)c4)ncnc32)C1O. The first-order valence-corrected chi connectivity index (χ1v) is 8.72. The van der Waals surface area contributed by atoms with Crippen LogP contribution in [0.15, 0.2) is 36.9 Å². The van der Waals surface area contributed by atoms with Gasteiger partial charge in [0.2, 0.25) is 0 Å². The molecule has 1 aliphatic rings. The van der Waals surface area contributed by atoms with Gasteiger partial charge >= 0.3 is 0 Å². The number of carbonyl (C=O) groups excluding carboxylic acids is 1. The minimum atomic E-state index is -2.13. The van der Waals surface area contributed by atoms with Gasteiger partial charge in [0.15, 0.2) is 29.2 Å². The molecule has 0 aliphatic carbocycles. The molecular weight excluding hydrogens is 364 g/mol. The number of imidazole rings is 1. The maximum atomic E-state index is 11.7. The molecule has 0 spiro atoms. The van der Waals surface area contributed by atoms with Crippen LogP contribution in [0.1, 0.15) is 11.1 Å². The zero-order valence-electron chi connectivity index (χ0n) is 15.3. The Morgan fingerprint density at radius 1 is 1.36 bits per heavy atom. The average Bonchev–Trinajstić information content (AvgIpc) is 3.14. The van der Waals surface area contributed by atoms with Gasteiger partial charge in [-0.05, 0) is 12.5 Å². The van der Waals surface area contributed by atoms with Crippen molar-refractivity contribution in [2.45, 2.75) is 31.6 Å². The summed E-state index contributed by atoms with van der Waals surface area (Å²) in [4.78, 5) is 24.3. The summed E-state index contributed by atoms with van der Waals surface area (Å²) in [6, 6.07) is 8.05. The number of fused-ring (bicyclic) bond motifs is 1. The summed E-state index contributed by atoms with van der Waals surface area (Å²) in [6.07, 6.45) is -0.0266. The molecule has 1 amide bonds. The van der Waals surface area contributed by atoms with E-state index < -0.39 is 24.0 Å². The Morgan fingerprint density at radius 2 is 2.18 bits per heavy atom. The molecule has 3 aromatic rings. The number of aliphatic hydroxyl groups excluding tert-OH is 1. The molecule has 3 unspecified atom stereocenters. The number of nitrogens with one attached hydrogen (secondary N) is 2. The van der Waals surface area contributed by atoms with Crippen molar-refractivity contribution in [2.75, 3.05) is 12.4 Å². The summed E-state index contributed by atoms with van der Waals surface area (Å²) in [5.74, 6) is -2.18. The van der Waals surface area contributed by atoms with Crippen LogP contribution in [0.2, 0.25) is 0 Å². The number of benzene rings is 1. The molecule has 1 aliphatic heterocycles. The highest BCUT2D eigenvalue weighted by molar-refractivity contribution is 5.84. The van der Waals surface area contributed by atoms with E-state index in [-0.39, 0.29) is 5.65 Å². The number of rotatable bonds is 5. The van der Waals surface area contributed by atoms with Crippen molar-refractivity contribution in [3.8, 4) is 0 Å². The number of ether oxygens (including phenoxy) is 1. The summed E-state index contributed by atoms with van der Waals surface area (Å²) in [7, 11) is 1.42. The van der Waals surface area contributed by atoms with Crippen LogP contribution in [-0.4, -0.2) is 54.9 Å². The lowest BCUT2D eigenvalue weighted by atomic mass is 10.0. The van der Waals surface area contributed by atoms with Gasteiger partial charge in [-0.2, -0.15) is 0 Å². The molecule has 0 bridgehead atoms. The number of anilines is 1. The highest BCUT2D eigenvalue weighted by Crippen LogP contribution is 2.37. The second-order valence-corrected chi connectivity index (χ2v) is 6.61. The fraction of sp³-hybridized carbons (Fsp3) is 0.333. The Hall–Kier alpha value is -3.08. The third kappa shape index (κ3) is 2.87. The Morgan fingerprint density at radius 3 is 2.89 bits per heavy atom. The fourth-order valence-corrected chi connectivity index (χ4v) is 3.19. The molecule has 4 N–H and O–H groups in total. The molecule has 4 rings (SSSR count). The number of hydrogen-bond acceptors (Lipinski definition) is 8. The third-order valence-corrected chi connectivity index (χ3v) is 4.70. The minimum absolute atomic E-state index is 0.263. The summed E-state index contributed by atoms with van der Waals surface area (Å²) >= 11 is 0. The molecule has 3 atom stereocenters. The van der Waals surface area contributed by atoms with Gasteiger partial charge in [-0.15, -0.1) is 0 Å². The van der Waals surface area contributed by atoms with E-state index in [1.165, 1.54) is 24.3 Å². The predicted octanol–water partition coefficient (Wildman–Crippen LogP) is -0.145. The Bertz CT molecular complexity index is 1040. The van der Waals surface area contributed by atoms with Gasteiger partial charge in [0.1, 0.15) is 12.7 Å². The van der Waals surface area contributed by atoms with Crippen molar-refractivity contribution in [1.82, 2.24) is 24.8 Å². The zero-order valence-corrected chi connectivity index (χ0v) is 15.3. The summed E-state index contributed by atoms with van der Waals surface area (Å²) in [5, 5.41) is 26.5. The minimum Gasteiger partial charge on any atom is -0.382 e. The Kier molecular flexibility index (Phi) is 4.46. The first-order chi connectivity index (χ1) is 13.4. The maximum absolute atomic E-state index is 11.7.